The number of hydrogen-bond acceptors (Lipinski definition) is 8. The first-order chi connectivity index (χ1) is 20.6. The van der Waals surface area contributed by atoms with Gasteiger partial charge in [0.25, 0.3) is 5.91 Å². The third-order valence-corrected chi connectivity index (χ3v) is 8.90. The van der Waals surface area contributed by atoms with Crippen molar-refractivity contribution < 1.29 is 19.0 Å². The van der Waals surface area contributed by atoms with E-state index in [1.807, 2.05) is 24.4 Å². The molecule has 2 N–H and O–H groups in total. The van der Waals surface area contributed by atoms with E-state index in [0.717, 1.165) is 49.0 Å². The Labute approximate surface area is 248 Å². The van der Waals surface area contributed by atoms with Gasteiger partial charge in [-0.1, -0.05) is 0 Å². The van der Waals surface area contributed by atoms with Crippen LogP contribution in [0.15, 0.2) is 55.1 Å². The third kappa shape index (κ3) is 4.95. The number of pyridine rings is 3. The number of carbonyl (C=O) groups excluding carboxylic acids is 1. The van der Waals surface area contributed by atoms with Crippen molar-refractivity contribution in [2.24, 2.45) is 5.92 Å². The molecule has 1 amide bonds. The third-order valence-electron chi connectivity index (χ3n) is 8.90. The summed E-state index contributed by atoms with van der Waals surface area (Å²) in [5.74, 6) is 0.817. The number of amides is 1. The summed E-state index contributed by atoms with van der Waals surface area (Å²) in [5, 5.41) is 27.4. The smallest absolute Gasteiger partial charge is 0.273 e. The van der Waals surface area contributed by atoms with E-state index in [9.17, 15) is 19.6 Å². The molecule has 10 nitrogen and oxygen atoms in total. The molecule has 2 unspecified atom stereocenters. The van der Waals surface area contributed by atoms with Crippen LogP contribution >= 0.6 is 0 Å². The second kappa shape index (κ2) is 10.0. The van der Waals surface area contributed by atoms with Crippen LogP contribution in [0.5, 0.6) is 5.75 Å². The quantitative estimate of drug-likeness (QED) is 0.331. The molecule has 0 radical (unpaired) electrons. The monoisotopic (exact) mass is 581 g/mol. The summed E-state index contributed by atoms with van der Waals surface area (Å²) in [5.41, 5.74) is 1.12. The molecule has 4 aromatic heterocycles. The molecular formula is C32H32FN7O3. The number of hydrogen-bond donors (Lipinski definition) is 2. The first-order valence-corrected chi connectivity index (χ1v) is 14.6. The highest BCUT2D eigenvalue weighted by Crippen LogP contribution is 2.52. The van der Waals surface area contributed by atoms with Crippen molar-refractivity contribution >= 4 is 17.2 Å². The fourth-order valence-corrected chi connectivity index (χ4v) is 7.44. The molecule has 4 aliphatic rings. The molecule has 2 aliphatic heterocycles. The molecule has 11 heteroatoms. The van der Waals surface area contributed by atoms with Gasteiger partial charge in [0.05, 0.1) is 29.1 Å². The SMILES string of the molecule is CC(C)(O)COc1cc(-c2ccc(N3[C@@H]4CC5C[C@H]3CC(NC(=O)c3ncccc3F)(C5)C4)nc2)c2c(C#N)cnn2c1. The highest BCUT2D eigenvalue weighted by Gasteiger charge is 2.55. The Morgan fingerprint density at radius 2 is 2.00 bits per heavy atom. The van der Waals surface area contributed by atoms with Gasteiger partial charge >= 0.3 is 0 Å². The molecule has 4 bridgehead atoms. The van der Waals surface area contributed by atoms with Gasteiger partial charge in [-0.2, -0.15) is 10.4 Å². The first-order valence-electron chi connectivity index (χ1n) is 14.6. The summed E-state index contributed by atoms with van der Waals surface area (Å²) in [7, 11) is 0. The van der Waals surface area contributed by atoms with Crippen LogP contribution in [0.1, 0.15) is 62.0 Å². The first kappa shape index (κ1) is 27.3. The molecule has 0 aromatic carbocycles. The largest absolute Gasteiger partial charge is 0.489 e. The minimum atomic E-state index is -1.01. The topological polar surface area (TPSA) is 129 Å². The van der Waals surface area contributed by atoms with Crippen LogP contribution in [-0.2, 0) is 0 Å². The molecule has 43 heavy (non-hydrogen) atoms. The fraction of sp³-hybridized carbons (Fsp3) is 0.406. The van der Waals surface area contributed by atoms with Crippen LogP contribution in [0, 0.1) is 23.1 Å². The number of carbonyl (C=O) groups is 1. The minimum absolute atomic E-state index is 0.0962. The molecule has 2 aliphatic carbocycles. The zero-order valence-electron chi connectivity index (χ0n) is 24.0. The summed E-state index contributed by atoms with van der Waals surface area (Å²) in [6.45, 7) is 3.44. The number of nitriles is 1. The predicted molar refractivity (Wildman–Crippen MR) is 156 cm³/mol. The zero-order valence-corrected chi connectivity index (χ0v) is 24.0. The number of fused-ring (bicyclic) bond motifs is 1. The maximum absolute atomic E-state index is 14.3. The highest BCUT2D eigenvalue weighted by molar-refractivity contribution is 5.93. The molecule has 2 saturated carbocycles. The maximum Gasteiger partial charge on any atom is 0.273 e. The van der Waals surface area contributed by atoms with Crippen LogP contribution in [0.25, 0.3) is 16.6 Å². The molecule has 2 saturated heterocycles. The van der Waals surface area contributed by atoms with E-state index >= 15 is 0 Å². The molecule has 6 heterocycles. The fourth-order valence-electron chi connectivity index (χ4n) is 7.44. The predicted octanol–water partition coefficient (Wildman–Crippen LogP) is 4.27. The number of piperidine rings is 2. The second-order valence-corrected chi connectivity index (χ2v) is 12.8. The number of nitrogens with zero attached hydrogens (tertiary/aromatic N) is 6. The van der Waals surface area contributed by atoms with Crippen molar-refractivity contribution in [3.05, 3.63) is 72.2 Å². The van der Waals surface area contributed by atoms with E-state index in [4.69, 9.17) is 9.72 Å². The van der Waals surface area contributed by atoms with Crippen molar-refractivity contribution in [3.8, 4) is 22.9 Å². The van der Waals surface area contributed by atoms with Gasteiger partial charge in [-0.15, -0.1) is 0 Å². The maximum atomic E-state index is 14.3. The van der Waals surface area contributed by atoms with E-state index in [0.29, 0.717) is 22.7 Å². The summed E-state index contributed by atoms with van der Waals surface area (Å²) in [4.78, 5) is 24.3. The zero-order chi connectivity index (χ0) is 29.9. The summed E-state index contributed by atoms with van der Waals surface area (Å²) >= 11 is 0. The lowest BCUT2D eigenvalue weighted by Gasteiger charge is -2.62. The average Bonchev–Trinajstić information content (AvgIpc) is 3.38. The number of ether oxygens (including phenoxy) is 1. The normalized spacial score (nSPS) is 24.3. The van der Waals surface area contributed by atoms with E-state index in [-0.39, 0.29) is 29.9 Å². The van der Waals surface area contributed by atoms with E-state index < -0.39 is 17.3 Å². The van der Waals surface area contributed by atoms with Gasteiger partial charge in [0.2, 0.25) is 0 Å². The number of rotatable bonds is 7. The molecule has 220 valence electrons. The molecule has 4 aromatic rings. The van der Waals surface area contributed by atoms with Crippen LogP contribution < -0.4 is 15.0 Å². The van der Waals surface area contributed by atoms with Crippen LogP contribution in [-0.4, -0.2) is 60.4 Å². The molecule has 4 fully saturated rings. The van der Waals surface area contributed by atoms with E-state index in [1.54, 1.807) is 24.6 Å². The van der Waals surface area contributed by atoms with Crippen LogP contribution in [0.2, 0.25) is 0 Å². The molecule has 4 atom stereocenters. The van der Waals surface area contributed by atoms with Gasteiger partial charge in [-0.05, 0) is 82.2 Å². The number of nitrogens with one attached hydrogen (secondary N) is 1. The standard InChI is InChI=1S/C32H32FN7O3/c1-31(2,42)18-43-24-10-25(29-21(14-34)16-37-39(29)17-24)20-5-6-27(36-15-20)40-22-8-19-9-23(40)13-32(11-19,12-22)38-30(41)28-26(33)4-3-7-35-28/h3-7,10,15-17,19,22-23,42H,8-9,11-13,18H2,1-2H3,(H,38,41)/t19?,22-,23+,32?. The minimum Gasteiger partial charge on any atom is -0.489 e. The molecular weight excluding hydrogens is 549 g/mol. The van der Waals surface area contributed by atoms with Gasteiger partial charge < -0.3 is 20.1 Å². The van der Waals surface area contributed by atoms with Crippen LogP contribution in [0.4, 0.5) is 10.2 Å². The van der Waals surface area contributed by atoms with Crippen molar-refractivity contribution in [1.82, 2.24) is 24.9 Å². The van der Waals surface area contributed by atoms with Crippen molar-refractivity contribution in [2.75, 3.05) is 11.5 Å². The lowest BCUT2D eigenvalue weighted by molar-refractivity contribution is 0.0283. The Morgan fingerprint density at radius 3 is 2.67 bits per heavy atom. The Balaban J connectivity index is 1.15. The van der Waals surface area contributed by atoms with Gasteiger partial charge in [-0.3, -0.25) is 4.79 Å². The number of anilines is 1. The van der Waals surface area contributed by atoms with Gasteiger partial charge in [0.1, 0.15) is 24.2 Å². The van der Waals surface area contributed by atoms with Gasteiger partial charge in [0, 0.05) is 41.1 Å². The lowest BCUT2D eigenvalue weighted by atomic mass is 9.59. The van der Waals surface area contributed by atoms with E-state index in [1.165, 1.54) is 24.5 Å². The van der Waals surface area contributed by atoms with Crippen LogP contribution in [0.3, 0.4) is 0 Å². The average molecular weight is 582 g/mol. The second-order valence-electron chi connectivity index (χ2n) is 12.8. The Morgan fingerprint density at radius 1 is 1.21 bits per heavy atom. The number of halogens is 1. The summed E-state index contributed by atoms with van der Waals surface area (Å²) in [6, 6.07) is 11.2. The van der Waals surface area contributed by atoms with Crippen molar-refractivity contribution in [1.29, 1.82) is 5.26 Å². The Hall–Kier alpha value is -4.56. The highest BCUT2D eigenvalue weighted by atomic mass is 19.1. The van der Waals surface area contributed by atoms with Gasteiger partial charge in [0.15, 0.2) is 11.5 Å². The van der Waals surface area contributed by atoms with Gasteiger partial charge in [-0.25, -0.2) is 18.9 Å². The number of aromatic nitrogens is 4. The molecule has 8 rings (SSSR count). The van der Waals surface area contributed by atoms with Crippen molar-refractivity contribution in [3.63, 3.8) is 0 Å². The Kier molecular flexibility index (Phi) is 6.36. The lowest BCUT2D eigenvalue weighted by Crippen LogP contribution is -2.69. The summed E-state index contributed by atoms with van der Waals surface area (Å²) in [6.07, 6.45) is 11.0. The molecule has 0 spiro atoms. The Bertz CT molecular complexity index is 1740. The summed E-state index contributed by atoms with van der Waals surface area (Å²) < 4.78 is 21.8. The van der Waals surface area contributed by atoms with E-state index in [2.05, 4.69) is 26.4 Å². The van der Waals surface area contributed by atoms with Crippen molar-refractivity contribution in [2.45, 2.75) is 69.2 Å². The number of aliphatic hydroxyl groups is 1.